The molecule has 4 nitrogen and oxygen atoms in total. The molecule has 0 heterocycles. The van der Waals surface area contributed by atoms with Crippen LogP contribution in [0.3, 0.4) is 0 Å². The molecule has 146 valence electrons. The topological polar surface area (TPSA) is 55.4 Å². The predicted octanol–water partition coefficient (Wildman–Crippen LogP) is 5.31. The van der Waals surface area contributed by atoms with Gasteiger partial charge in [-0.3, -0.25) is 4.79 Å². The average molecular weight is 354 g/mol. The third-order valence-electron chi connectivity index (χ3n) is 4.30. The molecule has 0 bridgehead atoms. The summed E-state index contributed by atoms with van der Waals surface area (Å²) in [6.45, 7) is 2.87. The van der Waals surface area contributed by atoms with Crippen molar-refractivity contribution in [2.45, 2.75) is 96.8 Å². The molecule has 1 amide bonds. The van der Waals surface area contributed by atoms with Crippen LogP contribution in [-0.2, 0) is 14.3 Å². The summed E-state index contributed by atoms with van der Waals surface area (Å²) in [5.74, 6) is -0.0665. The first-order valence-electron chi connectivity index (χ1n) is 10.2. The Labute approximate surface area is 154 Å². The first-order chi connectivity index (χ1) is 12.2. The van der Waals surface area contributed by atoms with Crippen LogP contribution in [0.2, 0.25) is 0 Å². The zero-order chi connectivity index (χ0) is 18.6. The second kappa shape index (κ2) is 19.0. The Morgan fingerprint density at radius 2 is 1.36 bits per heavy atom. The Morgan fingerprint density at radius 1 is 0.840 bits per heavy atom. The fourth-order valence-corrected chi connectivity index (χ4v) is 2.77. The molecular weight excluding hydrogens is 314 g/mol. The molecule has 4 heteroatoms. The predicted molar refractivity (Wildman–Crippen MR) is 104 cm³/mol. The van der Waals surface area contributed by atoms with Crippen LogP contribution in [0.5, 0.6) is 0 Å². The summed E-state index contributed by atoms with van der Waals surface area (Å²) in [4.78, 5) is 22.2. The third kappa shape index (κ3) is 18.9. The van der Waals surface area contributed by atoms with E-state index >= 15 is 0 Å². The summed E-state index contributed by atoms with van der Waals surface area (Å²) in [6, 6.07) is 0. The number of allylic oxidation sites excluding steroid dienone is 1. The van der Waals surface area contributed by atoms with Crippen LogP contribution in [0.25, 0.3) is 0 Å². The number of carbonyl (C=O) groups excluding carboxylic acids is 2. The summed E-state index contributed by atoms with van der Waals surface area (Å²) in [6.07, 6.45) is 20.0. The second-order valence-corrected chi connectivity index (χ2v) is 6.70. The van der Waals surface area contributed by atoms with Crippen molar-refractivity contribution >= 4 is 11.9 Å². The number of nitrogens with one attached hydrogen (secondary N) is 1. The van der Waals surface area contributed by atoms with Gasteiger partial charge < -0.3 is 10.1 Å². The maximum atomic E-state index is 11.3. The number of ether oxygens (including phenoxy) is 1. The summed E-state index contributed by atoms with van der Waals surface area (Å²) >= 11 is 0. The van der Waals surface area contributed by atoms with Gasteiger partial charge in [-0.05, 0) is 25.7 Å². The molecule has 0 aromatic heterocycles. The molecule has 0 atom stereocenters. The summed E-state index contributed by atoms with van der Waals surface area (Å²) < 4.78 is 4.55. The third-order valence-corrected chi connectivity index (χ3v) is 4.30. The Balaban J connectivity index is 3.13. The van der Waals surface area contributed by atoms with Crippen LogP contribution >= 0.6 is 0 Å². The van der Waals surface area contributed by atoms with Crippen molar-refractivity contribution in [2.24, 2.45) is 0 Å². The van der Waals surface area contributed by atoms with E-state index in [4.69, 9.17) is 0 Å². The molecule has 1 N–H and O–H groups in total. The van der Waals surface area contributed by atoms with E-state index in [2.05, 4.69) is 10.1 Å². The molecule has 0 saturated heterocycles. The number of carbonyl (C=O) groups is 2. The van der Waals surface area contributed by atoms with E-state index in [-0.39, 0.29) is 11.9 Å². The number of amides is 1. The van der Waals surface area contributed by atoms with Gasteiger partial charge >= 0.3 is 5.97 Å². The molecule has 0 unspecified atom stereocenters. The van der Waals surface area contributed by atoms with Crippen molar-refractivity contribution in [3.05, 3.63) is 12.2 Å². The highest BCUT2D eigenvalue weighted by Crippen LogP contribution is 2.12. The number of unbranched alkanes of at least 4 members (excludes halogenated alkanes) is 11. The normalized spacial score (nSPS) is 11.0. The maximum Gasteiger partial charge on any atom is 0.330 e. The molecule has 0 aromatic rings. The molecule has 0 aliphatic heterocycles. The van der Waals surface area contributed by atoms with Crippen LogP contribution in [0.4, 0.5) is 0 Å². The number of hydrogen-bond donors (Lipinski definition) is 1. The Kier molecular flexibility index (Phi) is 18.0. The van der Waals surface area contributed by atoms with Crippen LogP contribution in [0, 0.1) is 0 Å². The Morgan fingerprint density at radius 3 is 1.88 bits per heavy atom. The first-order valence-corrected chi connectivity index (χ1v) is 10.2. The van der Waals surface area contributed by atoms with Gasteiger partial charge in [0.15, 0.2) is 0 Å². The molecule has 0 aliphatic carbocycles. The zero-order valence-corrected chi connectivity index (χ0v) is 16.5. The standard InChI is InChI=1S/C21H39NO3/c1-3-17-20(23)22-19-16-14-12-10-8-6-4-5-7-9-11-13-15-18-21(24)25-2/h15,18H,3-14,16-17,19H2,1-2H3,(H,22,23). The minimum atomic E-state index is -0.263. The fraction of sp³-hybridized carbons (Fsp3) is 0.810. The number of rotatable bonds is 17. The summed E-state index contributed by atoms with van der Waals surface area (Å²) in [7, 11) is 1.40. The van der Waals surface area contributed by atoms with Gasteiger partial charge in [0, 0.05) is 19.0 Å². The minimum absolute atomic E-state index is 0.196. The van der Waals surface area contributed by atoms with Crippen molar-refractivity contribution in [3.63, 3.8) is 0 Å². The van der Waals surface area contributed by atoms with Crippen LogP contribution in [-0.4, -0.2) is 25.5 Å². The number of esters is 1. The highest BCUT2D eigenvalue weighted by atomic mass is 16.5. The molecule has 0 radical (unpaired) electrons. The van der Waals surface area contributed by atoms with E-state index in [1.807, 2.05) is 13.0 Å². The largest absolute Gasteiger partial charge is 0.466 e. The molecule has 0 rings (SSSR count). The zero-order valence-electron chi connectivity index (χ0n) is 16.5. The summed E-state index contributed by atoms with van der Waals surface area (Å²) in [5.41, 5.74) is 0. The molecule has 0 saturated carbocycles. The van der Waals surface area contributed by atoms with Crippen molar-refractivity contribution in [1.29, 1.82) is 0 Å². The highest BCUT2D eigenvalue weighted by Gasteiger charge is 1.98. The van der Waals surface area contributed by atoms with Crippen molar-refractivity contribution in [1.82, 2.24) is 5.32 Å². The van der Waals surface area contributed by atoms with Crippen molar-refractivity contribution < 1.29 is 14.3 Å². The monoisotopic (exact) mass is 353 g/mol. The van der Waals surface area contributed by atoms with Gasteiger partial charge in [0.1, 0.15) is 0 Å². The van der Waals surface area contributed by atoms with Gasteiger partial charge in [0.05, 0.1) is 7.11 Å². The van der Waals surface area contributed by atoms with E-state index in [9.17, 15) is 9.59 Å². The van der Waals surface area contributed by atoms with E-state index in [1.54, 1.807) is 0 Å². The number of methoxy groups -OCH3 is 1. The van der Waals surface area contributed by atoms with Gasteiger partial charge in [-0.15, -0.1) is 0 Å². The summed E-state index contributed by atoms with van der Waals surface area (Å²) in [5, 5.41) is 2.97. The van der Waals surface area contributed by atoms with Gasteiger partial charge in [-0.2, -0.15) is 0 Å². The number of hydrogen-bond acceptors (Lipinski definition) is 3. The maximum absolute atomic E-state index is 11.3. The molecule has 25 heavy (non-hydrogen) atoms. The quantitative estimate of drug-likeness (QED) is 0.219. The molecule has 0 aromatic carbocycles. The Hall–Kier alpha value is -1.32. The van der Waals surface area contributed by atoms with E-state index in [0.29, 0.717) is 6.42 Å². The fourth-order valence-electron chi connectivity index (χ4n) is 2.77. The first kappa shape index (κ1) is 23.7. The van der Waals surface area contributed by atoms with Crippen LogP contribution < -0.4 is 5.32 Å². The van der Waals surface area contributed by atoms with Gasteiger partial charge in [-0.1, -0.05) is 70.8 Å². The van der Waals surface area contributed by atoms with E-state index in [0.717, 1.165) is 32.2 Å². The van der Waals surface area contributed by atoms with Gasteiger partial charge in [0.2, 0.25) is 5.91 Å². The van der Waals surface area contributed by atoms with Crippen molar-refractivity contribution in [3.8, 4) is 0 Å². The van der Waals surface area contributed by atoms with Gasteiger partial charge in [-0.25, -0.2) is 4.79 Å². The lowest BCUT2D eigenvalue weighted by Crippen LogP contribution is -2.23. The van der Waals surface area contributed by atoms with Gasteiger partial charge in [0.25, 0.3) is 0 Å². The van der Waals surface area contributed by atoms with Crippen molar-refractivity contribution in [2.75, 3.05) is 13.7 Å². The molecule has 0 aliphatic rings. The smallest absolute Gasteiger partial charge is 0.330 e. The van der Waals surface area contributed by atoms with Crippen LogP contribution in [0.1, 0.15) is 96.8 Å². The Bertz CT molecular complexity index is 353. The van der Waals surface area contributed by atoms with E-state index < -0.39 is 0 Å². The van der Waals surface area contributed by atoms with Crippen LogP contribution in [0.15, 0.2) is 12.2 Å². The molecular formula is C21H39NO3. The second-order valence-electron chi connectivity index (χ2n) is 6.70. The highest BCUT2D eigenvalue weighted by molar-refractivity contribution is 5.81. The average Bonchev–Trinajstić information content (AvgIpc) is 2.61. The lowest BCUT2D eigenvalue weighted by molar-refractivity contribution is -0.134. The van der Waals surface area contributed by atoms with E-state index in [1.165, 1.54) is 71.0 Å². The lowest BCUT2D eigenvalue weighted by Gasteiger charge is -2.04. The molecule has 0 fully saturated rings. The molecule has 0 spiro atoms. The lowest BCUT2D eigenvalue weighted by atomic mass is 10.1. The SMILES string of the molecule is CCCC(=O)NCCCCCCCCCCCCCC=CC(=O)OC. The minimum Gasteiger partial charge on any atom is -0.466 e.